The lowest BCUT2D eigenvalue weighted by Gasteiger charge is -2.33. The summed E-state index contributed by atoms with van der Waals surface area (Å²) in [6.07, 6.45) is 1.33. The Morgan fingerprint density at radius 1 is 1.27 bits per heavy atom. The van der Waals surface area contributed by atoms with E-state index in [1.807, 2.05) is 36.7 Å². The molecule has 2 aromatic rings. The number of carbonyl (C=O) groups excluding carboxylic acids is 3. The number of thiazole rings is 1. The molecule has 1 aromatic heterocycles. The monoisotopic (exact) mass is 469 g/mol. The number of carbonyl (C=O) groups is 3. The van der Waals surface area contributed by atoms with Crippen molar-refractivity contribution in [3.63, 3.8) is 0 Å². The van der Waals surface area contributed by atoms with E-state index in [4.69, 9.17) is 4.74 Å². The Morgan fingerprint density at radius 2 is 1.97 bits per heavy atom. The number of nitrogens with one attached hydrogen (secondary N) is 1. The molecule has 0 radical (unpaired) electrons. The van der Waals surface area contributed by atoms with E-state index >= 15 is 0 Å². The average Bonchev–Trinajstić information content (AvgIpc) is 3.46. The summed E-state index contributed by atoms with van der Waals surface area (Å²) < 4.78 is 4.89. The number of likely N-dealkylation sites (tertiary alicyclic amines) is 1. The first-order chi connectivity index (χ1) is 15.7. The number of rotatable bonds is 9. The molecule has 3 rings (SSSR count). The predicted octanol–water partition coefficient (Wildman–Crippen LogP) is 3.52. The molecule has 1 aliphatic rings. The van der Waals surface area contributed by atoms with E-state index in [1.165, 1.54) is 7.11 Å². The van der Waals surface area contributed by atoms with Crippen LogP contribution in [0.15, 0.2) is 41.9 Å². The lowest BCUT2D eigenvalue weighted by atomic mass is 9.81. The highest BCUT2D eigenvalue weighted by Gasteiger charge is 2.43. The van der Waals surface area contributed by atoms with Crippen molar-refractivity contribution in [1.82, 2.24) is 15.2 Å². The molecule has 176 valence electrons. The number of nitrogens with zero attached hydrogens (tertiary/aromatic N) is 2. The summed E-state index contributed by atoms with van der Waals surface area (Å²) in [7, 11) is 1.43. The van der Waals surface area contributed by atoms with Crippen LogP contribution < -0.4 is 5.32 Å². The van der Waals surface area contributed by atoms with Gasteiger partial charge in [-0.15, -0.1) is 11.3 Å². The smallest absolute Gasteiger partial charge is 0.243 e. The van der Waals surface area contributed by atoms with Crippen LogP contribution in [0.5, 0.6) is 0 Å². The van der Waals surface area contributed by atoms with Crippen LogP contribution in [0.25, 0.3) is 10.4 Å². The standard InChI is InChI=1S/C25H31N3O4S/c1-16(21(29)14-32-5)25(3,4)24(31)28-12-6-7-20(28)23(30)26-13-18-8-10-19(11-9-18)22-17(2)27-15-33-22/h8-11,15,20H,1,6-7,12-14H2,2-5H3,(H,26,30)/t20-/m0/s1. The Balaban J connectivity index is 1.62. The van der Waals surface area contributed by atoms with Crippen LogP contribution in [0.3, 0.4) is 0 Å². The molecule has 1 N–H and O–H groups in total. The van der Waals surface area contributed by atoms with Crippen molar-refractivity contribution < 1.29 is 19.1 Å². The van der Waals surface area contributed by atoms with Gasteiger partial charge in [0, 0.05) is 25.8 Å². The lowest BCUT2D eigenvalue weighted by Crippen LogP contribution is -2.50. The summed E-state index contributed by atoms with van der Waals surface area (Å²) in [6, 6.07) is 7.47. The van der Waals surface area contributed by atoms with Gasteiger partial charge in [0.25, 0.3) is 0 Å². The minimum absolute atomic E-state index is 0.124. The molecule has 33 heavy (non-hydrogen) atoms. The summed E-state index contributed by atoms with van der Waals surface area (Å²) in [5, 5.41) is 2.96. The summed E-state index contributed by atoms with van der Waals surface area (Å²) in [4.78, 5) is 45.4. The van der Waals surface area contributed by atoms with Crippen LogP contribution in [0.4, 0.5) is 0 Å². The second kappa shape index (κ2) is 10.4. The van der Waals surface area contributed by atoms with E-state index in [-0.39, 0.29) is 29.8 Å². The fourth-order valence-electron chi connectivity index (χ4n) is 4.00. The van der Waals surface area contributed by atoms with Crippen molar-refractivity contribution in [3.05, 3.63) is 53.2 Å². The van der Waals surface area contributed by atoms with Gasteiger partial charge in [-0.3, -0.25) is 14.4 Å². The number of benzene rings is 1. The third-order valence-corrected chi connectivity index (χ3v) is 7.12. The first kappa shape index (κ1) is 24.8. The zero-order valence-corrected chi connectivity index (χ0v) is 20.5. The van der Waals surface area contributed by atoms with Crippen molar-refractivity contribution in [2.24, 2.45) is 5.41 Å². The molecule has 2 amide bonds. The number of amides is 2. The van der Waals surface area contributed by atoms with Crippen LogP contribution in [-0.4, -0.2) is 53.8 Å². The minimum Gasteiger partial charge on any atom is -0.377 e. The summed E-state index contributed by atoms with van der Waals surface area (Å²) in [5.41, 5.74) is 3.99. The molecule has 1 fully saturated rings. The number of methoxy groups -OCH3 is 1. The van der Waals surface area contributed by atoms with E-state index < -0.39 is 11.5 Å². The number of ketones is 1. The van der Waals surface area contributed by atoms with E-state index in [2.05, 4.69) is 16.9 Å². The second-order valence-corrected chi connectivity index (χ2v) is 9.65. The largest absolute Gasteiger partial charge is 0.377 e. The number of aryl methyl sites for hydroxylation is 1. The molecular weight excluding hydrogens is 438 g/mol. The molecule has 2 heterocycles. The molecular formula is C25H31N3O4S. The SMILES string of the molecule is C=C(C(=O)COC)C(C)(C)C(=O)N1CCC[C@H]1C(=O)NCc1ccc(-c2scnc2C)cc1. The van der Waals surface area contributed by atoms with Gasteiger partial charge in [0.15, 0.2) is 5.78 Å². The van der Waals surface area contributed by atoms with Crippen LogP contribution in [0.1, 0.15) is 37.9 Å². The molecule has 7 nitrogen and oxygen atoms in total. The zero-order chi connectivity index (χ0) is 24.2. The van der Waals surface area contributed by atoms with Gasteiger partial charge < -0.3 is 15.0 Å². The van der Waals surface area contributed by atoms with Gasteiger partial charge in [-0.05, 0) is 44.7 Å². The molecule has 0 unspecified atom stereocenters. The molecule has 0 spiro atoms. The Labute approximate surface area is 198 Å². The lowest BCUT2D eigenvalue weighted by molar-refractivity contribution is -0.144. The Hall–Kier alpha value is -2.84. The maximum atomic E-state index is 13.3. The normalized spacial score (nSPS) is 16.0. The molecule has 1 aliphatic heterocycles. The molecule has 1 atom stereocenters. The molecule has 1 saturated heterocycles. The zero-order valence-electron chi connectivity index (χ0n) is 19.6. The highest BCUT2D eigenvalue weighted by molar-refractivity contribution is 7.13. The number of ether oxygens (including phenoxy) is 1. The van der Waals surface area contributed by atoms with Crippen LogP contribution in [-0.2, 0) is 25.7 Å². The fraction of sp³-hybridized carbons (Fsp3) is 0.440. The minimum atomic E-state index is -1.11. The maximum Gasteiger partial charge on any atom is 0.243 e. The van der Waals surface area contributed by atoms with Gasteiger partial charge in [0.2, 0.25) is 11.8 Å². The Morgan fingerprint density at radius 3 is 2.58 bits per heavy atom. The highest BCUT2D eigenvalue weighted by Crippen LogP contribution is 2.32. The van der Waals surface area contributed by atoms with Crippen molar-refractivity contribution in [2.75, 3.05) is 20.3 Å². The van der Waals surface area contributed by atoms with Gasteiger partial charge in [-0.2, -0.15) is 0 Å². The first-order valence-corrected chi connectivity index (χ1v) is 11.8. The van der Waals surface area contributed by atoms with Crippen LogP contribution >= 0.6 is 11.3 Å². The number of aromatic nitrogens is 1. The first-order valence-electron chi connectivity index (χ1n) is 11.0. The number of hydrogen-bond donors (Lipinski definition) is 1. The van der Waals surface area contributed by atoms with Gasteiger partial charge >= 0.3 is 0 Å². The van der Waals surface area contributed by atoms with Crippen molar-refractivity contribution in [3.8, 4) is 10.4 Å². The van der Waals surface area contributed by atoms with Gasteiger partial charge in [0.1, 0.15) is 12.6 Å². The second-order valence-electron chi connectivity index (χ2n) is 8.80. The molecule has 0 aliphatic carbocycles. The molecule has 0 saturated carbocycles. The number of Topliss-reactive ketones (excluding diaryl/α,β-unsaturated/α-hetero) is 1. The van der Waals surface area contributed by atoms with Gasteiger partial charge in [-0.25, -0.2) is 4.98 Å². The molecule has 1 aromatic carbocycles. The third kappa shape index (κ3) is 5.39. The quantitative estimate of drug-likeness (QED) is 0.568. The van der Waals surface area contributed by atoms with E-state index in [9.17, 15) is 14.4 Å². The molecule has 8 heteroatoms. The predicted molar refractivity (Wildman–Crippen MR) is 129 cm³/mol. The van der Waals surface area contributed by atoms with Crippen LogP contribution in [0, 0.1) is 12.3 Å². The van der Waals surface area contributed by atoms with E-state index in [0.717, 1.165) is 28.1 Å². The van der Waals surface area contributed by atoms with Crippen molar-refractivity contribution in [2.45, 2.75) is 46.2 Å². The average molecular weight is 470 g/mol. The van der Waals surface area contributed by atoms with Gasteiger partial charge in [-0.1, -0.05) is 30.8 Å². The molecule has 0 bridgehead atoms. The summed E-state index contributed by atoms with van der Waals surface area (Å²) in [6.45, 7) is 9.89. The third-order valence-electron chi connectivity index (χ3n) is 6.15. The summed E-state index contributed by atoms with van der Waals surface area (Å²) >= 11 is 1.60. The van der Waals surface area contributed by atoms with Gasteiger partial charge in [0.05, 0.1) is 21.5 Å². The summed E-state index contributed by atoms with van der Waals surface area (Å²) in [5.74, 6) is -0.764. The highest BCUT2D eigenvalue weighted by atomic mass is 32.1. The fourth-order valence-corrected chi connectivity index (χ4v) is 4.81. The van der Waals surface area contributed by atoms with E-state index in [0.29, 0.717) is 19.5 Å². The Kier molecular flexibility index (Phi) is 7.81. The number of hydrogen-bond acceptors (Lipinski definition) is 6. The topological polar surface area (TPSA) is 88.6 Å². The maximum absolute atomic E-state index is 13.3. The van der Waals surface area contributed by atoms with E-state index in [1.54, 1.807) is 30.1 Å². The van der Waals surface area contributed by atoms with Crippen LogP contribution in [0.2, 0.25) is 0 Å². The van der Waals surface area contributed by atoms with Crippen molar-refractivity contribution >= 4 is 28.9 Å². The Bertz CT molecular complexity index is 1040. The van der Waals surface area contributed by atoms with Crippen molar-refractivity contribution in [1.29, 1.82) is 0 Å².